The Bertz CT molecular complexity index is 765. The Morgan fingerprint density at radius 2 is 1.79 bits per heavy atom. The van der Waals surface area contributed by atoms with Crippen LogP contribution in [0, 0.1) is 11.3 Å². The molecule has 0 bridgehead atoms. The third kappa shape index (κ3) is 12.4. The van der Waals surface area contributed by atoms with Gasteiger partial charge in [-0.3, -0.25) is 5.43 Å². The molecular formula is C25H43N6O2P. The molecule has 0 aliphatic heterocycles. The normalized spacial score (nSPS) is 12.0. The van der Waals surface area contributed by atoms with E-state index in [-0.39, 0.29) is 0 Å². The SMILES string of the molecule is C=C(NCCCCCCOP(OCCC#N)N(C(C)C)C(C)C)c1ccc(NN=C(C)C)nc1. The third-order valence-electron chi connectivity index (χ3n) is 4.78. The molecule has 1 heterocycles. The molecule has 190 valence electrons. The topological polar surface area (TPSA) is 94.8 Å². The Hall–Kier alpha value is -2.04. The van der Waals surface area contributed by atoms with Gasteiger partial charge in [-0.1, -0.05) is 19.4 Å². The lowest BCUT2D eigenvalue weighted by molar-refractivity contribution is 0.174. The first-order valence-corrected chi connectivity index (χ1v) is 13.3. The first-order chi connectivity index (χ1) is 16.3. The average molecular weight is 491 g/mol. The van der Waals surface area contributed by atoms with Crippen LogP contribution in [-0.2, 0) is 9.05 Å². The van der Waals surface area contributed by atoms with Crippen molar-refractivity contribution in [2.75, 3.05) is 25.2 Å². The van der Waals surface area contributed by atoms with Crippen LogP contribution < -0.4 is 10.7 Å². The molecule has 0 radical (unpaired) electrons. The molecule has 1 aromatic heterocycles. The predicted octanol–water partition coefficient (Wildman–Crippen LogP) is 6.30. The Balaban J connectivity index is 2.28. The Kier molecular flexibility index (Phi) is 15.4. The van der Waals surface area contributed by atoms with Gasteiger partial charge in [-0.25, -0.2) is 9.65 Å². The van der Waals surface area contributed by atoms with E-state index in [1.807, 2.05) is 26.0 Å². The highest BCUT2D eigenvalue weighted by molar-refractivity contribution is 7.44. The molecule has 0 saturated heterocycles. The van der Waals surface area contributed by atoms with Gasteiger partial charge < -0.3 is 14.4 Å². The van der Waals surface area contributed by atoms with Gasteiger partial charge in [0.15, 0.2) is 0 Å². The number of pyridine rings is 1. The molecule has 0 spiro atoms. The molecule has 1 aromatic rings. The first kappa shape index (κ1) is 30.0. The standard InChI is InChI=1S/C25H43N6O2P/c1-20(2)29-30-25-14-13-24(19-28-25)23(7)27-16-10-8-9-11-17-32-34(33-18-12-15-26)31(21(3)4)22(5)6/h13-14,19,21-22,27H,7-12,16-18H2,1-6H3,(H,28,30). The van der Waals surface area contributed by atoms with Crippen molar-refractivity contribution < 1.29 is 9.05 Å². The smallest absolute Gasteiger partial charge is 0.259 e. The van der Waals surface area contributed by atoms with Gasteiger partial charge >= 0.3 is 0 Å². The fraction of sp³-hybridized carbons (Fsp3) is 0.640. The van der Waals surface area contributed by atoms with Crippen molar-refractivity contribution in [1.29, 1.82) is 5.26 Å². The summed E-state index contributed by atoms with van der Waals surface area (Å²) in [6.45, 7) is 18.5. The highest BCUT2D eigenvalue weighted by atomic mass is 31.2. The van der Waals surface area contributed by atoms with Crippen LogP contribution in [0.5, 0.6) is 0 Å². The molecule has 1 unspecified atom stereocenters. The minimum atomic E-state index is -1.14. The van der Waals surface area contributed by atoms with E-state index in [1.165, 1.54) is 0 Å². The number of hydrogen-bond acceptors (Lipinski definition) is 8. The fourth-order valence-electron chi connectivity index (χ4n) is 3.19. The van der Waals surface area contributed by atoms with Crippen LogP contribution in [0.15, 0.2) is 30.0 Å². The molecule has 34 heavy (non-hydrogen) atoms. The monoisotopic (exact) mass is 490 g/mol. The summed E-state index contributed by atoms with van der Waals surface area (Å²) in [5.74, 6) is 0.712. The summed E-state index contributed by atoms with van der Waals surface area (Å²) in [7, 11) is -1.14. The number of anilines is 1. The van der Waals surface area contributed by atoms with Crippen LogP contribution in [0.2, 0.25) is 0 Å². The number of hydrazone groups is 1. The van der Waals surface area contributed by atoms with E-state index in [9.17, 15) is 0 Å². The van der Waals surface area contributed by atoms with Gasteiger partial charge in [-0.15, -0.1) is 0 Å². The van der Waals surface area contributed by atoms with E-state index >= 15 is 0 Å². The minimum Gasteiger partial charge on any atom is -0.385 e. The van der Waals surface area contributed by atoms with Crippen molar-refractivity contribution >= 4 is 25.8 Å². The Labute approximate surface area is 207 Å². The van der Waals surface area contributed by atoms with Crippen LogP contribution in [0.1, 0.15) is 79.2 Å². The van der Waals surface area contributed by atoms with E-state index in [0.29, 0.717) is 37.5 Å². The maximum atomic E-state index is 8.80. The van der Waals surface area contributed by atoms with Gasteiger partial charge in [0, 0.05) is 41.8 Å². The van der Waals surface area contributed by atoms with E-state index in [1.54, 1.807) is 6.20 Å². The Morgan fingerprint density at radius 3 is 2.38 bits per heavy atom. The number of aromatic nitrogens is 1. The molecule has 0 aliphatic carbocycles. The van der Waals surface area contributed by atoms with E-state index < -0.39 is 8.53 Å². The summed E-state index contributed by atoms with van der Waals surface area (Å²) in [4.78, 5) is 4.36. The van der Waals surface area contributed by atoms with Crippen LogP contribution in [-0.4, -0.2) is 47.2 Å². The second kappa shape index (κ2) is 17.4. The molecule has 2 N–H and O–H groups in total. The molecule has 0 fully saturated rings. The lowest BCUT2D eigenvalue weighted by Gasteiger charge is -2.35. The predicted molar refractivity (Wildman–Crippen MR) is 143 cm³/mol. The number of nitrogens with one attached hydrogen (secondary N) is 2. The Morgan fingerprint density at radius 1 is 1.12 bits per heavy atom. The lowest BCUT2D eigenvalue weighted by atomic mass is 10.2. The summed E-state index contributed by atoms with van der Waals surface area (Å²) in [5.41, 5.74) is 5.71. The molecule has 0 aromatic carbocycles. The summed E-state index contributed by atoms with van der Waals surface area (Å²) < 4.78 is 14.3. The molecule has 0 saturated carbocycles. The van der Waals surface area contributed by atoms with E-state index in [0.717, 1.165) is 49.2 Å². The number of nitriles is 1. The quantitative estimate of drug-likeness (QED) is 0.108. The minimum absolute atomic E-state index is 0.323. The zero-order chi connectivity index (χ0) is 25.3. The van der Waals surface area contributed by atoms with Crippen molar-refractivity contribution in [2.45, 2.75) is 85.7 Å². The number of unbranched alkanes of at least 4 members (excludes halogenated alkanes) is 3. The first-order valence-electron chi connectivity index (χ1n) is 12.1. The van der Waals surface area contributed by atoms with Gasteiger partial charge in [-0.2, -0.15) is 10.4 Å². The van der Waals surface area contributed by atoms with Gasteiger partial charge in [0.1, 0.15) is 5.82 Å². The number of nitrogens with zero attached hydrogens (tertiary/aromatic N) is 4. The molecular weight excluding hydrogens is 447 g/mol. The summed E-state index contributed by atoms with van der Waals surface area (Å²) in [6, 6.07) is 6.66. The van der Waals surface area contributed by atoms with Crippen molar-refractivity contribution in [3.63, 3.8) is 0 Å². The highest BCUT2D eigenvalue weighted by Crippen LogP contribution is 2.46. The average Bonchev–Trinajstić information content (AvgIpc) is 2.79. The number of hydrogen-bond donors (Lipinski definition) is 2. The molecule has 0 aliphatic rings. The highest BCUT2D eigenvalue weighted by Gasteiger charge is 2.26. The van der Waals surface area contributed by atoms with Gasteiger partial charge in [0.05, 0.1) is 25.7 Å². The van der Waals surface area contributed by atoms with Crippen LogP contribution in [0.3, 0.4) is 0 Å². The third-order valence-corrected chi connectivity index (χ3v) is 6.89. The van der Waals surface area contributed by atoms with Crippen molar-refractivity contribution in [2.24, 2.45) is 5.10 Å². The van der Waals surface area contributed by atoms with Crippen LogP contribution in [0.25, 0.3) is 5.70 Å². The molecule has 9 heteroatoms. The molecule has 1 rings (SSSR count). The molecule has 8 nitrogen and oxygen atoms in total. The second-order valence-electron chi connectivity index (χ2n) is 8.80. The molecule has 1 atom stereocenters. The van der Waals surface area contributed by atoms with Crippen LogP contribution >= 0.6 is 8.53 Å². The van der Waals surface area contributed by atoms with Gasteiger partial charge in [-0.05, 0) is 66.5 Å². The van der Waals surface area contributed by atoms with E-state index in [4.69, 9.17) is 14.3 Å². The van der Waals surface area contributed by atoms with Crippen molar-refractivity contribution in [1.82, 2.24) is 15.0 Å². The van der Waals surface area contributed by atoms with Gasteiger partial charge in [0.25, 0.3) is 8.53 Å². The van der Waals surface area contributed by atoms with Crippen molar-refractivity contribution in [3.05, 3.63) is 30.5 Å². The fourth-order valence-corrected chi connectivity index (χ4v) is 4.81. The summed E-state index contributed by atoms with van der Waals surface area (Å²) >= 11 is 0. The summed E-state index contributed by atoms with van der Waals surface area (Å²) in [6.07, 6.45) is 6.44. The maximum Gasteiger partial charge on any atom is 0.259 e. The van der Waals surface area contributed by atoms with Crippen LogP contribution in [0.4, 0.5) is 5.82 Å². The maximum absolute atomic E-state index is 8.80. The summed E-state index contributed by atoms with van der Waals surface area (Å²) in [5, 5.41) is 16.3. The second-order valence-corrected chi connectivity index (χ2v) is 10.3. The largest absolute Gasteiger partial charge is 0.385 e. The van der Waals surface area contributed by atoms with Gasteiger partial charge in [0.2, 0.25) is 0 Å². The molecule has 0 amide bonds. The zero-order valence-corrected chi connectivity index (χ0v) is 22.7. The number of rotatable bonds is 18. The zero-order valence-electron chi connectivity index (χ0n) is 21.8. The van der Waals surface area contributed by atoms with Crippen molar-refractivity contribution in [3.8, 4) is 6.07 Å². The van der Waals surface area contributed by atoms with E-state index in [2.05, 4.69) is 65.8 Å². The lowest BCUT2D eigenvalue weighted by Crippen LogP contribution is -2.33.